The van der Waals surface area contributed by atoms with Crippen molar-refractivity contribution in [1.29, 1.82) is 0 Å². The van der Waals surface area contributed by atoms with Gasteiger partial charge in [-0.2, -0.15) is 10.1 Å². The van der Waals surface area contributed by atoms with Crippen LogP contribution in [-0.2, 0) is 4.79 Å². The molecular formula is C18H16BrN6O+. The van der Waals surface area contributed by atoms with E-state index in [9.17, 15) is 4.79 Å². The zero-order valence-electron chi connectivity index (χ0n) is 13.7. The number of anilines is 2. The second kappa shape index (κ2) is 6.72. The molecule has 130 valence electrons. The lowest BCUT2D eigenvalue weighted by Gasteiger charge is -2.33. The van der Waals surface area contributed by atoms with Gasteiger partial charge < -0.3 is 10.6 Å². The number of hydrogen-bond acceptors (Lipinski definition) is 4. The number of carbonyl (C=O) groups excluding carboxylic acids is 1. The molecule has 0 fully saturated rings. The van der Waals surface area contributed by atoms with Crippen LogP contribution in [0.1, 0.15) is 11.6 Å². The molecule has 7 nitrogen and oxygen atoms in total. The van der Waals surface area contributed by atoms with Gasteiger partial charge in [-0.25, -0.2) is 9.67 Å². The van der Waals surface area contributed by atoms with E-state index in [0.29, 0.717) is 17.3 Å². The Morgan fingerprint density at radius 2 is 2.12 bits per heavy atom. The van der Waals surface area contributed by atoms with E-state index in [-0.39, 0.29) is 11.9 Å². The van der Waals surface area contributed by atoms with E-state index in [1.54, 1.807) is 17.1 Å². The van der Waals surface area contributed by atoms with Crippen molar-refractivity contribution in [3.05, 3.63) is 77.4 Å². The van der Waals surface area contributed by atoms with Gasteiger partial charge in [-0.05, 0) is 23.8 Å². The van der Waals surface area contributed by atoms with E-state index >= 15 is 0 Å². The molecule has 1 aliphatic rings. The largest absolute Gasteiger partial charge is 0.328 e. The first kappa shape index (κ1) is 16.5. The summed E-state index contributed by atoms with van der Waals surface area (Å²) < 4.78 is 2.69. The molecule has 3 heterocycles. The van der Waals surface area contributed by atoms with Crippen LogP contribution >= 0.6 is 15.9 Å². The molecule has 0 saturated heterocycles. The monoisotopic (exact) mass is 411 g/mol. The summed E-state index contributed by atoms with van der Waals surface area (Å²) in [5.41, 5.74) is 2.21. The van der Waals surface area contributed by atoms with Gasteiger partial charge in [-0.15, -0.1) is 0 Å². The minimum Gasteiger partial charge on any atom is -0.328 e. The Kier molecular flexibility index (Phi) is 4.26. The summed E-state index contributed by atoms with van der Waals surface area (Å²) in [7, 11) is 0. The van der Waals surface area contributed by atoms with Crippen LogP contribution in [-0.4, -0.2) is 20.7 Å². The molecule has 0 bridgehead atoms. The number of nitrogens with zero attached hydrogens (tertiary/aromatic N) is 3. The molecule has 0 radical (unpaired) electrons. The SMILES string of the molecule is C=C1Nc2ncnn2C(c2ccc(Br)cc2)C1C(=O)Nc1ccc[nH+]c1. The summed E-state index contributed by atoms with van der Waals surface area (Å²) in [5.74, 6) is -0.151. The molecule has 1 aliphatic heterocycles. The standard InChI is InChI=1S/C18H15BrN6O/c1-11-15(17(26)24-14-3-2-8-20-9-14)16(12-4-6-13(19)7-5-12)25-18(23-11)21-10-22-25/h2-10,15-16H,1H2,(H,24,26)(H,21,22,23)/p+1. The Morgan fingerprint density at radius 1 is 1.31 bits per heavy atom. The average Bonchev–Trinajstić information content (AvgIpc) is 3.10. The van der Waals surface area contributed by atoms with Gasteiger partial charge in [-0.1, -0.05) is 34.6 Å². The van der Waals surface area contributed by atoms with E-state index in [1.807, 2.05) is 36.4 Å². The van der Waals surface area contributed by atoms with Crippen LogP contribution in [0.2, 0.25) is 0 Å². The van der Waals surface area contributed by atoms with Crippen LogP contribution in [0.3, 0.4) is 0 Å². The summed E-state index contributed by atoms with van der Waals surface area (Å²) in [6.45, 7) is 4.06. The molecule has 0 spiro atoms. The lowest BCUT2D eigenvalue weighted by atomic mass is 9.88. The molecule has 2 unspecified atom stereocenters. The molecule has 2 atom stereocenters. The molecular weight excluding hydrogens is 396 g/mol. The van der Waals surface area contributed by atoms with Gasteiger partial charge in [0, 0.05) is 16.2 Å². The first-order chi connectivity index (χ1) is 12.6. The quantitative estimate of drug-likeness (QED) is 0.693. The number of fused-ring (bicyclic) bond motifs is 1. The van der Waals surface area contributed by atoms with E-state index in [4.69, 9.17) is 0 Å². The topological polar surface area (TPSA) is 86.0 Å². The van der Waals surface area contributed by atoms with E-state index < -0.39 is 5.92 Å². The van der Waals surface area contributed by atoms with Crippen molar-refractivity contribution < 1.29 is 9.78 Å². The number of hydrogen-bond donors (Lipinski definition) is 2. The van der Waals surface area contributed by atoms with Crippen LogP contribution in [0.25, 0.3) is 0 Å². The molecule has 0 aliphatic carbocycles. The van der Waals surface area contributed by atoms with Gasteiger partial charge in [-0.3, -0.25) is 4.79 Å². The van der Waals surface area contributed by atoms with Crippen LogP contribution in [0.5, 0.6) is 0 Å². The third-order valence-corrected chi connectivity index (χ3v) is 4.80. The van der Waals surface area contributed by atoms with Gasteiger partial charge >= 0.3 is 0 Å². The van der Waals surface area contributed by atoms with E-state index in [1.165, 1.54) is 6.33 Å². The second-order valence-corrected chi connectivity index (χ2v) is 6.85. The molecule has 2 aromatic heterocycles. The van der Waals surface area contributed by atoms with Gasteiger partial charge in [0.2, 0.25) is 11.9 Å². The van der Waals surface area contributed by atoms with Crippen LogP contribution in [0.4, 0.5) is 11.6 Å². The zero-order chi connectivity index (χ0) is 18.1. The van der Waals surface area contributed by atoms with Crippen LogP contribution in [0.15, 0.2) is 71.9 Å². The van der Waals surface area contributed by atoms with Crippen LogP contribution in [0, 0.1) is 5.92 Å². The number of benzene rings is 1. The number of carbonyl (C=O) groups is 1. The fourth-order valence-electron chi connectivity index (χ4n) is 3.08. The Balaban J connectivity index is 1.74. The Bertz CT molecular complexity index is 953. The minimum absolute atomic E-state index is 0.170. The molecule has 8 heteroatoms. The maximum Gasteiger partial charge on any atom is 0.236 e. The van der Waals surface area contributed by atoms with Gasteiger partial charge in [0.15, 0.2) is 12.4 Å². The zero-order valence-corrected chi connectivity index (χ0v) is 15.3. The molecule has 26 heavy (non-hydrogen) atoms. The molecule has 0 saturated carbocycles. The predicted octanol–water partition coefficient (Wildman–Crippen LogP) is 2.64. The lowest BCUT2D eigenvalue weighted by Crippen LogP contribution is -2.39. The third-order valence-electron chi connectivity index (χ3n) is 4.27. The summed E-state index contributed by atoms with van der Waals surface area (Å²) in [5, 5.41) is 10.3. The van der Waals surface area contributed by atoms with Gasteiger partial charge in [0.05, 0.1) is 6.04 Å². The highest BCUT2D eigenvalue weighted by atomic mass is 79.9. The highest BCUT2D eigenvalue weighted by molar-refractivity contribution is 9.10. The third kappa shape index (κ3) is 2.99. The van der Waals surface area contributed by atoms with Crippen LogP contribution < -0.4 is 15.6 Å². The van der Waals surface area contributed by atoms with Crippen molar-refractivity contribution in [3.8, 4) is 0 Å². The van der Waals surface area contributed by atoms with Gasteiger partial charge in [0.25, 0.3) is 0 Å². The van der Waals surface area contributed by atoms with Crippen molar-refractivity contribution >= 4 is 33.5 Å². The van der Waals surface area contributed by atoms with Crippen molar-refractivity contribution in [2.45, 2.75) is 6.04 Å². The summed E-state index contributed by atoms with van der Waals surface area (Å²) in [4.78, 5) is 20.2. The second-order valence-electron chi connectivity index (χ2n) is 5.93. The fourth-order valence-corrected chi connectivity index (χ4v) is 3.35. The highest BCUT2D eigenvalue weighted by Gasteiger charge is 2.39. The van der Waals surface area contributed by atoms with E-state index in [0.717, 1.165) is 10.0 Å². The molecule has 1 amide bonds. The van der Waals surface area contributed by atoms with Crippen molar-refractivity contribution in [3.63, 3.8) is 0 Å². The molecule has 3 N–H and O–H groups in total. The normalized spacial score (nSPS) is 18.7. The lowest BCUT2D eigenvalue weighted by molar-refractivity contribution is -0.377. The highest BCUT2D eigenvalue weighted by Crippen LogP contribution is 2.37. The Hall–Kier alpha value is -3.00. The number of amides is 1. The Labute approximate surface area is 158 Å². The first-order valence-corrected chi connectivity index (χ1v) is 8.80. The van der Waals surface area contributed by atoms with Crippen molar-refractivity contribution in [1.82, 2.24) is 14.8 Å². The van der Waals surface area contributed by atoms with Crippen molar-refractivity contribution in [2.24, 2.45) is 5.92 Å². The fraction of sp³-hybridized carbons (Fsp3) is 0.111. The number of H-pyrrole nitrogens is 1. The predicted molar refractivity (Wildman–Crippen MR) is 100 cm³/mol. The molecule has 3 aromatic rings. The van der Waals surface area contributed by atoms with Gasteiger partial charge in [0.1, 0.15) is 17.9 Å². The number of aromatic amines is 1. The number of aromatic nitrogens is 4. The molecule has 1 aromatic carbocycles. The maximum atomic E-state index is 13.1. The summed E-state index contributed by atoms with van der Waals surface area (Å²) >= 11 is 3.45. The summed E-state index contributed by atoms with van der Waals surface area (Å²) in [6, 6.07) is 11.1. The minimum atomic E-state index is -0.550. The molecule has 4 rings (SSSR count). The van der Waals surface area contributed by atoms with Crippen molar-refractivity contribution in [2.75, 3.05) is 10.6 Å². The van der Waals surface area contributed by atoms with E-state index in [2.05, 4.69) is 48.2 Å². The summed E-state index contributed by atoms with van der Waals surface area (Å²) in [6.07, 6.45) is 4.98. The number of halogens is 1. The smallest absolute Gasteiger partial charge is 0.236 e. The number of pyridine rings is 1. The number of rotatable bonds is 3. The maximum absolute atomic E-state index is 13.1. The first-order valence-electron chi connectivity index (χ1n) is 8.01. The number of nitrogens with one attached hydrogen (secondary N) is 3. The Morgan fingerprint density at radius 3 is 2.85 bits per heavy atom. The average molecular weight is 412 g/mol.